The van der Waals surface area contributed by atoms with E-state index in [-0.39, 0.29) is 11.2 Å². The maximum atomic E-state index is 13.4. The molecule has 5 heteroatoms. The zero-order chi connectivity index (χ0) is 13.0. The summed E-state index contributed by atoms with van der Waals surface area (Å²) in [7, 11) is 0. The van der Waals surface area contributed by atoms with E-state index >= 15 is 0 Å². The Morgan fingerprint density at radius 2 is 2.11 bits per heavy atom. The number of hydrogen-bond donors (Lipinski definition) is 0. The van der Waals surface area contributed by atoms with Gasteiger partial charge < -0.3 is 4.74 Å². The molecule has 0 bridgehead atoms. The van der Waals surface area contributed by atoms with Crippen LogP contribution >= 0.6 is 11.6 Å². The normalized spacial score (nSPS) is 10.8. The van der Waals surface area contributed by atoms with Crippen molar-refractivity contribution >= 4 is 17.7 Å². The summed E-state index contributed by atoms with van der Waals surface area (Å²) in [6.07, 6.45) is 4.70. The highest BCUT2D eigenvalue weighted by atomic mass is 35.5. The molecule has 1 aromatic heterocycles. The van der Waals surface area contributed by atoms with Crippen molar-refractivity contribution in [2.75, 3.05) is 0 Å². The fourth-order valence-electron chi connectivity index (χ4n) is 1.40. The second kappa shape index (κ2) is 5.60. The summed E-state index contributed by atoms with van der Waals surface area (Å²) in [5.74, 6) is -0.342. The van der Waals surface area contributed by atoms with Gasteiger partial charge >= 0.3 is 0 Å². The Labute approximate surface area is 109 Å². The molecule has 0 atom stereocenters. The van der Waals surface area contributed by atoms with Crippen LogP contribution in [0.1, 0.15) is 12.5 Å². The lowest BCUT2D eigenvalue weighted by atomic mass is 10.2. The predicted octanol–water partition coefficient (Wildman–Crippen LogP) is 4.09. The monoisotopic (exact) mass is 264 g/mol. The summed E-state index contributed by atoms with van der Waals surface area (Å²) >= 11 is 5.60. The molecule has 18 heavy (non-hydrogen) atoms. The van der Waals surface area contributed by atoms with Crippen LogP contribution in [0.2, 0.25) is 5.28 Å². The van der Waals surface area contributed by atoms with E-state index in [1.165, 1.54) is 0 Å². The zero-order valence-corrected chi connectivity index (χ0v) is 10.4. The van der Waals surface area contributed by atoms with Crippen LogP contribution in [0, 0.1) is 5.82 Å². The Bertz CT molecular complexity index is 587. The predicted molar refractivity (Wildman–Crippen MR) is 68.2 cm³/mol. The van der Waals surface area contributed by atoms with Crippen molar-refractivity contribution in [3.63, 3.8) is 0 Å². The van der Waals surface area contributed by atoms with E-state index in [1.807, 2.05) is 31.2 Å². The minimum absolute atomic E-state index is 0.0603. The standard InChI is InChI=1S/C13H10ClFN2O/c1-2-5-9-6-3-4-7-11(9)18-12-10(15)8-16-13(14)17-12/h2-8H,1H3. The molecule has 0 radical (unpaired) electrons. The molecule has 0 aliphatic carbocycles. The number of rotatable bonds is 3. The Balaban J connectivity index is 2.36. The van der Waals surface area contributed by atoms with Gasteiger partial charge in [0.25, 0.3) is 5.88 Å². The van der Waals surface area contributed by atoms with E-state index in [2.05, 4.69) is 9.97 Å². The fourth-order valence-corrected chi connectivity index (χ4v) is 1.52. The molecule has 2 aromatic rings. The van der Waals surface area contributed by atoms with Crippen LogP contribution in [0.3, 0.4) is 0 Å². The first-order valence-corrected chi connectivity index (χ1v) is 5.66. The molecule has 1 aromatic carbocycles. The van der Waals surface area contributed by atoms with Crippen LogP contribution in [-0.4, -0.2) is 9.97 Å². The third kappa shape index (κ3) is 2.84. The minimum Gasteiger partial charge on any atom is -0.436 e. The molecule has 0 unspecified atom stereocenters. The van der Waals surface area contributed by atoms with Crippen molar-refractivity contribution in [2.45, 2.75) is 6.92 Å². The van der Waals surface area contributed by atoms with E-state index in [0.29, 0.717) is 5.75 Å². The first kappa shape index (κ1) is 12.5. The van der Waals surface area contributed by atoms with Gasteiger partial charge in [-0.2, -0.15) is 9.37 Å². The van der Waals surface area contributed by atoms with E-state index in [9.17, 15) is 4.39 Å². The van der Waals surface area contributed by atoms with Gasteiger partial charge in [-0.15, -0.1) is 0 Å². The van der Waals surface area contributed by atoms with Crippen molar-refractivity contribution in [1.82, 2.24) is 9.97 Å². The van der Waals surface area contributed by atoms with Gasteiger partial charge in [0.05, 0.1) is 6.20 Å². The summed E-state index contributed by atoms with van der Waals surface area (Å²) in [5.41, 5.74) is 0.828. The van der Waals surface area contributed by atoms with Gasteiger partial charge in [-0.3, -0.25) is 0 Å². The van der Waals surface area contributed by atoms with Crippen molar-refractivity contribution < 1.29 is 9.13 Å². The average molecular weight is 265 g/mol. The zero-order valence-electron chi connectivity index (χ0n) is 9.60. The van der Waals surface area contributed by atoms with Gasteiger partial charge in [-0.1, -0.05) is 30.4 Å². The molecule has 0 saturated carbocycles. The second-order valence-electron chi connectivity index (χ2n) is 3.43. The molecule has 0 aliphatic rings. The number of allylic oxidation sites excluding steroid dienone is 1. The molecule has 0 spiro atoms. The van der Waals surface area contributed by atoms with Crippen LogP contribution in [0.4, 0.5) is 4.39 Å². The van der Waals surface area contributed by atoms with Crippen molar-refractivity contribution in [1.29, 1.82) is 0 Å². The molecule has 3 nitrogen and oxygen atoms in total. The lowest BCUT2D eigenvalue weighted by molar-refractivity contribution is 0.419. The largest absolute Gasteiger partial charge is 0.436 e. The smallest absolute Gasteiger partial charge is 0.260 e. The second-order valence-corrected chi connectivity index (χ2v) is 3.77. The van der Waals surface area contributed by atoms with E-state index in [0.717, 1.165) is 11.8 Å². The maximum absolute atomic E-state index is 13.4. The average Bonchev–Trinajstić information content (AvgIpc) is 2.36. The minimum atomic E-state index is -0.658. The quantitative estimate of drug-likeness (QED) is 0.783. The van der Waals surface area contributed by atoms with Gasteiger partial charge in [0.2, 0.25) is 11.1 Å². The van der Waals surface area contributed by atoms with Gasteiger partial charge in [0, 0.05) is 5.56 Å². The number of hydrogen-bond acceptors (Lipinski definition) is 3. The maximum Gasteiger partial charge on any atom is 0.260 e. The molecule has 0 aliphatic heterocycles. The Morgan fingerprint density at radius 1 is 1.33 bits per heavy atom. The van der Waals surface area contributed by atoms with Gasteiger partial charge in [-0.05, 0) is 24.6 Å². The Hall–Kier alpha value is -1.94. The van der Waals surface area contributed by atoms with E-state index in [4.69, 9.17) is 16.3 Å². The highest BCUT2D eigenvalue weighted by Crippen LogP contribution is 2.27. The summed E-state index contributed by atoms with van der Waals surface area (Å²) in [5, 5.41) is -0.0603. The van der Waals surface area contributed by atoms with Crippen LogP contribution in [0.25, 0.3) is 6.08 Å². The van der Waals surface area contributed by atoms with Crippen molar-refractivity contribution in [3.05, 3.63) is 53.2 Å². The Kier molecular flexibility index (Phi) is 3.89. The fraction of sp³-hybridized carbons (Fsp3) is 0.0769. The topological polar surface area (TPSA) is 35.0 Å². The molecular formula is C13H10ClFN2O. The summed E-state index contributed by atoms with van der Waals surface area (Å²) in [6.45, 7) is 1.89. The SMILES string of the molecule is CC=Cc1ccccc1Oc1nc(Cl)ncc1F. The molecular weight excluding hydrogens is 255 g/mol. The van der Waals surface area contributed by atoms with E-state index in [1.54, 1.807) is 12.1 Å². The molecule has 2 rings (SSSR count). The van der Waals surface area contributed by atoms with Crippen molar-refractivity contribution in [2.24, 2.45) is 0 Å². The molecule has 0 N–H and O–H groups in total. The Morgan fingerprint density at radius 3 is 2.89 bits per heavy atom. The number of ether oxygens (including phenoxy) is 1. The first-order chi connectivity index (χ1) is 8.70. The highest BCUT2D eigenvalue weighted by Gasteiger charge is 2.10. The van der Waals surface area contributed by atoms with Gasteiger partial charge in [0.1, 0.15) is 5.75 Å². The summed E-state index contributed by atoms with van der Waals surface area (Å²) in [4.78, 5) is 7.23. The lowest BCUT2D eigenvalue weighted by Gasteiger charge is -2.08. The third-order valence-corrected chi connectivity index (χ3v) is 2.34. The number of benzene rings is 1. The van der Waals surface area contributed by atoms with Crippen LogP contribution in [0.5, 0.6) is 11.6 Å². The summed E-state index contributed by atoms with van der Waals surface area (Å²) in [6, 6.07) is 7.25. The lowest BCUT2D eigenvalue weighted by Crippen LogP contribution is -1.95. The van der Waals surface area contributed by atoms with Crippen LogP contribution in [0.15, 0.2) is 36.5 Å². The molecule has 0 fully saturated rings. The van der Waals surface area contributed by atoms with Crippen LogP contribution in [-0.2, 0) is 0 Å². The molecule has 0 amide bonds. The third-order valence-electron chi connectivity index (χ3n) is 2.15. The van der Waals surface area contributed by atoms with Crippen molar-refractivity contribution in [3.8, 4) is 11.6 Å². The highest BCUT2D eigenvalue weighted by molar-refractivity contribution is 6.28. The molecule has 92 valence electrons. The van der Waals surface area contributed by atoms with Gasteiger partial charge in [-0.25, -0.2) is 4.98 Å². The number of halogens is 2. The van der Waals surface area contributed by atoms with Gasteiger partial charge in [0.15, 0.2) is 0 Å². The number of nitrogens with zero attached hydrogens (tertiary/aromatic N) is 2. The first-order valence-electron chi connectivity index (χ1n) is 5.28. The number of aromatic nitrogens is 2. The molecule has 1 heterocycles. The molecule has 0 saturated heterocycles. The van der Waals surface area contributed by atoms with Crippen LogP contribution < -0.4 is 4.74 Å². The number of para-hydroxylation sites is 1. The summed E-state index contributed by atoms with van der Waals surface area (Å²) < 4.78 is 18.9. The van der Waals surface area contributed by atoms with E-state index < -0.39 is 5.82 Å².